The van der Waals surface area contributed by atoms with Crippen LogP contribution in [0.25, 0.3) is 11.4 Å². The number of unbranched alkanes of at least 4 members (excludes halogenated alkanes) is 7. The van der Waals surface area contributed by atoms with Gasteiger partial charge in [0.1, 0.15) is 11.4 Å². The first-order valence-corrected chi connectivity index (χ1v) is 10.2. The standard InChI is InChI=1S/C21H30N6/c1-2-3-4-5-6-7-8-12-15-26-17-20(22-24-26)21-18-27(25-23-21)16-19-13-10-9-11-14-19/h9-11,13-14,17-18H,2-8,12,15-16H2,1H3. The monoisotopic (exact) mass is 366 g/mol. The quantitative estimate of drug-likeness (QED) is 0.435. The first-order valence-electron chi connectivity index (χ1n) is 10.2. The molecule has 2 aromatic heterocycles. The molecule has 0 aliphatic rings. The van der Waals surface area contributed by atoms with Crippen molar-refractivity contribution in [1.29, 1.82) is 0 Å². The van der Waals surface area contributed by atoms with E-state index in [4.69, 9.17) is 0 Å². The molecule has 0 spiro atoms. The summed E-state index contributed by atoms with van der Waals surface area (Å²) in [6.07, 6.45) is 14.4. The molecule has 0 saturated heterocycles. The van der Waals surface area contributed by atoms with Gasteiger partial charge in [0.05, 0.1) is 18.9 Å². The summed E-state index contributed by atoms with van der Waals surface area (Å²) in [4.78, 5) is 0. The Bertz CT molecular complexity index is 777. The Morgan fingerprint density at radius 2 is 1.30 bits per heavy atom. The second-order valence-electron chi connectivity index (χ2n) is 7.13. The van der Waals surface area contributed by atoms with Crippen molar-refractivity contribution in [3.63, 3.8) is 0 Å². The van der Waals surface area contributed by atoms with Crippen LogP contribution in [0.2, 0.25) is 0 Å². The molecule has 0 aliphatic carbocycles. The van der Waals surface area contributed by atoms with E-state index >= 15 is 0 Å². The number of hydrogen-bond acceptors (Lipinski definition) is 4. The first-order chi connectivity index (χ1) is 13.3. The summed E-state index contributed by atoms with van der Waals surface area (Å²) in [5, 5.41) is 16.9. The van der Waals surface area contributed by atoms with Crippen molar-refractivity contribution in [2.45, 2.75) is 71.4 Å². The van der Waals surface area contributed by atoms with Gasteiger partial charge in [-0.15, -0.1) is 10.2 Å². The third kappa shape index (κ3) is 6.31. The summed E-state index contributed by atoms with van der Waals surface area (Å²) in [6.45, 7) is 3.89. The molecule has 0 amide bonds. The van der Waals surface area contributed by atoms with Gasteiger partial charge in [-0.3, -0.25) is 4.68 Å². The highest BCUT2D eigenvalue weighted by Gasteiger charge is 2.09. The molecule has 6 heteroatoms. The second-order valence-corrected chi connectivity index (χ2v) is 7.13. The summed E-state index contributed by atoms with van der Waals surface area (Å²) < 4.78 is 3.75. The lowest BCUT2D eigenvalue weighted by molar-refractivity contribution is 0.511. The van der Waals surface area contributed by atoms with Gasteiger partial charge in [0.15, 0.2) is 0 Å². The number of hydrogen-bond donors (Lipinski definition) is 0. The van der Waals surface area contributed by atoms with E-state index in [1.54, 1.807) is 0 Å². The van der Waals surface area contributed by atoms with Gasteiger partial charge in [-0.05, 0) is 12.0 Å². The molecule has 0 N–H and O–H groups in total. The van der Waals surface area contributed by atoms with Gasteiger partial charge in [0, 0.05) is 6.54 Å². The lowest BCUT2D eigenvalue weighted by Gasteiger charge is -2.01. The average molecular weight is 367 g/mol. The minimum Gasteiger partial charge on any atom is -0.252 e. The van der Waals surface area contributed by atoms with Crippen molar-refractivity contribution in [2.24, 2.45) is 0 Å². The molecule has 0 unspecified atom stereocenters. The predicted octanol–water partition coefficient (Wildman–Crippen LogP) is 4.73. The van der Waals surface area contributed by atoms with Crippen molar-refractivity contribution in [3.05, 3.63) is 48.3 Å². The summed E-state index contributed by atoms with van der Waals surface area (Å²) >= 11 is 0. The molecule has 0 aliphatic heterocycles. The predicted molar refractivity (Wildman–Crippen MR) is 107 cm³/mol. The molecule has 6 nitrogen and oxygen atoms in total. The zero-order valence-electron chi connectivity index (χ0n) is 16.3. The Balaban J connectivity index is 1.41. The normalized spacial score (nSPS) is 11.1. The van der Waals surface area contributed by atoms with E-state index in [0.717, 1.165) is 24.4 Å². The Morgan fingerprint density at radius 1 is 0.704 bits per heavy atom. The number of nitrogens with zero attached hydrogens (tertiary/aromatic N) is 6. The second kappa shape index (κ2) is 10.6. The van der Waals surface area contributed by atoms with Gasteiger partial charge < -0.3 is 0 Å². The molecule has 27 heavy (non-hydrogen) atoms. The molecule has 3 aromatic rings. The molecular weight excluding hydrogens is 336 g/mol. The summed E-state index contributed by atoms with van der Waals surface area (Å²) in [5.41, 5.74) is 2.76. The van der Waals surface area contributed by atoms with E-state index in [0.29, 0.717) is 6.54 Å². The maximum Gasteiger partial charge on any atom is 0.134 e. The van der Waals surface area contributed by atoms with Crippen LogP contribution in [0.15, 0.2) is 42.7 Å². The van der Waals surface area contributed by atoms with Crippen molar-refractivity contribution in [1.82, 2.24) is 30.0 Å². The van der Waals surface area contributed by atoms with Crippen LogP contribution in [0, 0.1) is 0 Å². The Hall–Kier alpha value is -2.50. The summed E-state index contributed by atoms with van der Waals surface area (Å²) in [6, 6.07) is 10.2. The summed E-state index contributed by atoms with van der Waals surface area (Å²) in [5.74, 6) is 0. The lowest BCUT2D eigenvalue weighted by atomic mass is 10.1. The largest absolute Gasteiger partial charge is 0.252 e. The zero-order chi connectivity index (χ0) is 18.7. The lowest BCUT2D eigenvalue weighted by Crippen LogP contribution is -1.99. The highest BCUT2D eigenvalue weighted by molar-refractivity contribution is 5.49. The molecule has 0 atom stereocenters. The SMILES string of the molecule is CCCCCCCCCCn1cc(-c2cn(Cc3ccccc3)nn2)nn1. The molecule has 0 radical (unpaired) electrons. The van der Waals surface area contributed by atoms with Crippen LogP contribution in [0.4, 0.5) is 0 Å². The number of benzene rings is 1. The van der Waals surface area contributed by atoms with Crippen LogP contribution in [-0.4, -0.2) is 30.0 Å². The third-order valence-corrected chi connectivity index (χ3v) is 4.77. The van der Waals surface area contributed by atoms with E-state index in [-0.39, 0.29) is 0 Å². The fourth-order valence-corrected chi connectivity index (χ4v) is 3.20. The maximum absolute atomic E-state index is 4.25. The van der Waals surface area contributed by atoms with Crippen LogP contribution in [0.3, 0.4) is 0 Å². The Labute approximate surface area is 161 Å². The highest BCUT2D eigenvalue weighted by atomic mass is 15.4. The molecule has 1 aromatic carbocycles. The fourth-order valence-electron chi connectivity index (χ4n) is 3.20. The molecule has 3 rings (SSSR count). The number of aryl methyl sites for hydroxylation is 1. The first kappa shape index (κ1) is 19.3. The fraction of sp³-hybridized carbons (Fsp3) is 0.524. The van der Waals surface area contributed by atoms with Crippen LogP contribution < -0.4 is 0 Å². The average Bonchev–Trinajstić information content (AvgIpc) is 3.34. The molecule has 2 heterocycles. The van der Waals surface area contributed by atoms with E-state index in [9.17, 15) is 0 Å². The minimum atomic E-state index is 0.709. The smallest absolute Gasteiger partial charge is 0.134 e. The van der Waals surface area contributed by atoms with Gasteiger partial charge >= 0.3 is 0 Å². The Morgan fingerprint density at radius 3 is 2.00 bits per heavy atom. The maximum atomic E-state index is 4.25. The third-order valence-electron chi connectivity index (χ3n) is 4.77. The van der Waals surface area contributed by atoms with Gasteiger partial charge in [-0.1, -0.05) is 92.6 Å². The molecule has 144 valence electrons. The number of rotatable bonds is 12. The molecule has 0 bridgehead atoms. The van der Waals surface area contributed by atoms with Crippen LogP contribution in [0.1, 0.15) is 63.9 Å². The van der Waals surface area contributed by atoms with Gasteiger partial charge in [0.2, 0.25) is 0 Å². The highest BCUT2D eigenvalue weighted by Crippen LogP contribution is 2.14. The van der Waals surface area contributed by atoms with Gasteiger partial charge in [-0.25, -0.2) is 4.68 Å². The molecule has 0 saturated carbocycles. The Kier molecular flexibility index (Phi) is 7.56. The van der Waals surface area contributed by atoms with E-state index in [1.165, 1.54) is 50.5 Å². The van der Waals surface area contributed by atoms with Gasteiger partial charge in [-0.2, -0.15) is 0 Å². The minimum absolute atomic E-state index is 0.709. The van der Waals surface area contributed by atoms with Crippen molar-refractivity contribution in [3.8, 4) is 11.4 Å². The van der Waals surface area contributed by atoms with Crippen molar-refractivity contribution in [2.75, 3.05) is 0 Å². The van der Waals surface area contributed by atoms with Crippen LogP contribution in [0.5, 0.6) is 0 Å². The number of aromatic nitrogens is 6. The van der Waals surface area contributed by atoms with E-state index in [1.807, 2.05) is 40.0 Å². The molecular formula is C21H30N6. The summed E-state index contributed by atoms with van der Waals surface area (Å²) in [7, 11) is 0. The topological polar surface area (TPSA) is 61.4 Å². The zero-order valence-corrected chi connectivity index (χ0v) is 16.3. The van der Waals surface area contributed by atoms with Crippen LogP contribution >= 0.6 is 0 Å². The molecule has 0 fully saturated rings. The van der Waals surface area contributed by atoms with E-state index in [2.05, 4.69) is 39.7 Å². The van der Waals surface area contributed by atoms with Crippen LogP contribution in [-0.2, 0) is 13.1 Å². The van der Waals surface area contributed by atoms with Gasteiger partial charge in [0.25, 0.3) is 0 Å². The van der Waals surface area contributed by atoms with Crippen molar-refractivity contribution < 1.29 is 0 Å². The van der Waals surface area contributed by atoms with E-state index < -0.39 is 0 Å². The van der Waals surface area contributed by atoms with Crippen molar-refractivity contribution >= 4 is 0 Å².